The minimum atomic E-state index is 0. The molecule has 0 aromatic heterocycles. The van der Waals surface area contributed by atoms with Crippen LogP contribution in [0, 0.1) is 20.8 Å². The lowest BCUT2D eigenvalue weighted by Crippen LogP contribution is -1.82. The molecular formula is C10H18ClN. The Kier molecular flexibility index (Phi) is 8.34. The maximum absolute atomic E-state index is 4.50. The summed E-state index contributed by atoms with van der Waals surface area (Å²) in [5.74, 6) is 0. The van der Waals surface area contributed by atoms with Gasteiger partial charge in [0.05, 0.1) is 0 Å². The molecule has 0 saturated carbocycles. The standard InChI is InChI=1S/C9H12.CH5N.ClH/c1-7-5-4-6-8(2)9(7)3;1-2;/h4-6H,1-3H3;2H2,1H3;1H. The van der Waals surface area contributed by atoms with Crippen LogP contribution in [0.15, 0.2) is 18.2 Å². The zero-order chi connectivity index (χ0) is 8.85. The molecule has 1 aromatic rings. The molecular weight excluding hydrogens is 170 g/mol. The summed E-state index contributed by atoms with van der Waals surface area (Å²) < 4.78 is 0. The molecule has 0 bridgehead atoms. The van der Waals surface area contributed by atoms with E-state index in [4.69, 9.17) is 0 Å². The largest absolute Gasteiger partial charge is 0.333 e. The number of halogens is 1. The highest BCUT2D eigenvalue weighted by Crippen LogP contribution is 2.09. The Morgan fingerprint density at radius 2 is 1.25 bits per heavy atom. The number of benzene rings is 1. The first-order valence-corrected chi connectivity index (χ1v) is 3.82. The number of nitrogens with two attached hydrogens (primary N) is 1. The normalized spacial score (nSPS) is 7.75. The van der Waals surface area contributed by atoms with Crippen molar-refractivity contribution in [1.29, 1.82) is 0 Å². The topological polar surface area (TPSA) is 26.0 Å². The molecule has 0 aliphatic rings. The van der Waals surface area contributed by atoms with Crippen molar-refractivity contribution in [1.82, 2.24) is 0 Å². The Morgan fingerprint density at radius 1 is 0.917 bits per heavy atom. The average molecular weight is 188 g/mol. The summed E-state index contributed by atoms with van der Waals surface area (Å²) in [5.41, 5.74) is 8.68. The highest BCUT2D eigenvalue weighted by atomic mass is 35.5. The molecule has 0 radical (unpaired) electrons. The van der Waals surface area contributed by atoms with E-state index in [0.29, 0.717) is 0 Å². The maximum Gasteiger partial charge on any atom is -0.0195 e. The zero-order valence-electron chi connectivity index (χ0n) is 8.22. The summed E-state index contributed by atoms with van der Waals surface area (Å²) >= 11 is 0. The van der Waals surface area contributed by atoms with Crippen LogP contribution in [-0.4, -0.2) is 7.05 Å². The smallest absolute Gasteiger partial charge is 0.0195 e. The van der Waals surface area contributed by atoms with Crippen molar-refractivity contribution in [2.75, 3.05) is 7.05 Å². The summed E-state index contributed by atoms with van der Waals surface area (Å²) in [4.78, 5) is 0. The first-order valence-electron chi connectivity index (χ1n) is 3.82. The lowest BCUT2D eigenvalue weighted by molar-refractivity contribution is 1.27. The van der Waals surface area contributed by atoms with Crippen LogP contribution in [0.3, 0.4) is 0 Å². The second-order valence-corrected chi connectivity index (χ2v) is 2.52. The van der Waals surface area contributed by atoms with Crippen LogP contribution in [0.1, 0.15) is 16.7 Å². The van der Waals surface area contributed by atoms with Gasteiger partial charge in [-0.2, -0.15) is 0 Å². The molecule has 0 aliphatic carbocycles. The van der Waals surface area contributed by atoms with Crippen molar-refractivity contribution in [2.45, 2.75) is 20.8 Å². The van der Waals surface area contributed by atoms with Crippen LogP contribution >= 0.6 is 12.4 Å². The highest BCUT2D eigenvalue weighted by molar-refractivity contribution is 5.85. The van der Waals surface area contributed by atoms with Crippen molar-refractivity contribution < 1.29 is 0 Å². The fourth-order valence-corrected chi connectivity index (χ4v) is 0.898. The first-order chi connectivity index (χ1) is 5.22. The SMILES string of the molecule is CN.Cc1cccc(C)c1C.Cl. The van der Waals surface area contributed by atoms with Gasteiger partial charge in [-0.3, -0.25) is 0 Å². The van der Waals surface area contributed by atoms with Gasteiger partial charge >= 0.3 is 0 Å². The second kappa shape index (κ2) is 7.14. The summed E-state index contributed by atoms with van der Waals surface area (Å²) in [6, 6.07) is 6.38. The fraction of sp³-hybridized carbons (Fsp3) is 0.400. The Balaban J connectivity index is 0. The van der Waals surface area contributed by atoms with Crippen molar-refractivity contribution in [3.63, 3.8) is 0 Å². The van der Waals surface area contributed by atoms with E-state index in [-0.39, 0.29) is 12.4 Å². The molecule has 0 aliphatic heterocycles. The van der Waals surface area contributed by atoms with E-state index >= 15 is 0 Å². The Morgan fingerprint density at radius 3 is 1.50 bits per heavy atom. The Hall–Kier alpha value is -0.530. The van der Waals surface area contributed by atoms with Crippen molar-refractivity contribution in [3.8, 4) is 0 Å². The van der Waals surface area contributed by atoms with Crippen LogP contribution < -0.4 is 5.73 Å². The van der Waals surface area contributed by atoms with Gasteiger partial charge in [0, 0.05) is 0 Å². The molecule has 2 heteroatoms. The molecule has 2 N–H and O–H groups in total. The quantitative estimate of drug-likeness (QED) is 0.664. The van der Waals surface area contributed by atoms with Gasteiger partial charge in [0.25, 0.3) is 0 Å². The van der Waals surface area contributed by atoms with E-state index in [1.807, 2.05) is 0 Å². The molecule has 0 heterocycles. The number of rotatable bonds is 0. The summed E-state index contributed by atoms with van der Waals surface area (Å²) in [6.07, 6.45) is 0. The maximum atomic E-state index is 4.50. The number of aryl methyl sites for hydroxylation is 2. The molecule has 70 valence electrons. The van der Waals surface area contributed by atoms with Crippen molar-refractivity contribution >= 4 is 12.4 Å². The average Bonchev–Trinajstić information content (AvgIpc) is 2.04. The van der Waals surface area contributed by atoms with Gasteiger partial charge < -0.3 is 5.73 Å². The van der Waals surface area contributed by atoms with E-state index < -0.39 is 0 Å². The zero-order valence-corrected chi connectivity index (χ0v) is 9.03. The van der Waals surface area contributed by atoms with Crippen LogP contribution in [0.4, 0.5) is 0 Å². The highest BCUT2D eigenvalue weighted by Gasteiger charge is 1.91. The van der Waals surface area contributed by atoms with E-state index in [0.717, 1.165) is 0 Å². The van der Waals surface area contributed by atoms with Gasteiger partial charge in [0.2, 0.25) is 0 Å². The summed E-state index contributed by atoms with van der Waals surface area (Å²) in [6.45, 7) is 6.44. The number of hydrogen-bond acceptors (Lipinski definition) is 1. The summed E-state index contributed by atoms with van der Waals surface area (Å²) in [5, 5.41) is 0. The van der Waals surface area contributed by atoms with Gasteiger partial charge in [0.15, 0.2) is 0 Å². The monoisotopic (exact) mass is 187 g/mol. The second-order valence-electron chi connectivity index (χ2n) is 2.52. The lowest BCUT2D eigenvalue weighted by atomic mass is 10.1. The van der Waals surface area contributed by atoms with Gasteiger partial charge in [-0.05, 0) is 44.5 Å². The van der Waals surface area contributed by atoms with E-state index in [9.17, 15) is 0 Å². The molecule has 0 fully saturated rings. The first kappa shape index (κ1) is 14.0. The minimum Gasteiger partial charge on any atom is -0.333 e. The van der Waals surface area contributed by atoms with Crippen LogP contribution in [0.25, 0.3) is 0 Å². The van der Waals surface area contributed by atoms with Gasteiger partial charge in [-0.1, -0.05) is 18.2 Å². The van der Waals surface area contributed by atoms with Crippen LogP contribution in [0.5, 0.6) is 0 Å². The van der Waals surface area contributed by atoms with Crippen LogP contribution in [0.2, 0.25) is 0 Å². The van der Waals surface area contributed by atoms with Crippen LogP contribution in [-0.2, 0) is 0 Å². The molecule has 0 saturated heterocycles. The minimum absolute atomic E-state index is 0. The molecule has 0 atom stereocenters. The fourth-order valence-electron chi connectivity index (χ4n) is 0.898. The predicted molar refractivity (Wildman–Crippen MR) is 58.0 cm³/mol. The van der Waals surface area contributed by atoms with Crippen molar-refractivity contribution in [2.24, 2.45) is 5.73 Å². The number of hydrogen-bond donors (Lipinski definition) is 1. The van der Waals surface area contributed by atoms with Crippen molar-refractivity contribution in [3.05, 3.63) is 34.9 Å². The molecule has 12 heavy (non-hydrogen) atoms. The molecule has 1 rings (SSSR count). The molecule has 0 amide bonds. The third kappa shape index (κ3) is 3.74. The molecule has 1 aromatic carbocycles. The lowest BCUT2D eigenvalue weighted by Gasteiger charge is -2.00. The van der Waals surface area contributed by atoms with E-state index in [1.54, 1.807) is 0 Å². The Labute approximate surface area is 81.4 Å². The van der Waals surface area contributed by atoms with E-state index in [2.05, 4.69) is 44.7 Å². The molecule has 1 nitrogen and oxygen atoms in total. The molecule has 0 spiro atoms. The molecule has 0 unspecified atom stereocenters. The third-order valence-corrected chi connectivity index (χ3v) is 1.88. The Bertz CT molecular complexity index is 201. The third-order valence-electron chi connectivity index (χ3n) is 1.88. The van der Waals surface area contributed by atoms with Gasteiger partial charge in [-0.15, -0.1) is 12.4 Å². The van der Waals surface area contributed by atoms with Gasteiger partial charge in [-0.25, -0.2) is 0 Å². The van der Waals surface area contributed by atoms with E-state index in [1.165, 1.54) is 23.7 Å². The summed E-state index contributed by atoms with van der Waals surface area (Å²) in [7, 11) is 1.50. The predicted octanol–water partition coefficient (Wildman–Crippen LogP) is 2.61. The van der Waals surface area contributed by atoms with Gasteiger partial charge in [0.1, 0.15) is 0 Å².